The molecule has 0 unspecified atom stereocenters. The predicted octanol–water partition coefficient (Wildman–Crippen LogP) is 5.42. The molecule has 4 aromatic rings. The maximum Gasteiger partial charge on any atom is 0.158 e. The number of aromatic nitrogens is 5. The highest BCUT2D eigenvalue weighted by Crippen LogP contribution is 2.39. The van der Waals surface area contributed by atoms with Gasteiger partial charge in [-0.3, -0.25) is 4.98 Å². The van der Waals surface area contributed by atoms with Gasteiger partial charge in [0, 0.05) is 35.0 Å². The summed E-state index contributed by atoms with van der Waals surface area (Å²) in [6.45, 7) is 12.8. The molecule has 1 saturated carbocycles. The lowest BCUT2D eigenvalue weighted by molar-refractivity contribution is -0.0712. The summed E-state index contributed by atoms with van der Waals surface area (Å²) in [6.07, 6.45) is 8.49. The fraction of sp³-hybridized carbons (Fsp3) is 0.536. The maximum atomic E-state index is 5.42. The third-order valence-electron chi connectivity index (χ3n) is 8.21. The number of aromatic amines is 1. The lowest BCUT2D eigenvalue weighted by Crippen LogP contribution is -2.61. The number of H-pyrrole nitrogens is 1. The van der Waals surface area contributed by atoms with Crippen LogP contribution in [0.1, 0.15) is 80.7 Å². The second-order valence-electron chi connectivity index (χ2n) is 11.3. The van der Waals surface area contributed by atoms with Gasteiger partial charge in [0.1, 0.15) is 6.33 Å². The molecule has 4 aromatic heterocycles. The fourth-order valence-corrected chi connectivity index (χ4v) is 6.07. The summed E-state index contributed by atoms with van der Waals surface area (Å²) in [5.74, 6) is 0.870. The first-order valence-electron chi connectivity index (χ1n) is 13.0. The largest absolute Gasteiger partial charge is 0.377 e. The van der Waals surface area contributed by atoms with Gasteiger partial charge < -0.3 is 15.0 Å². The molecular weight excluding hydrogens is 436 g/mol. The zero-order valence-corrected chi connectivity index (χ0v) is 21.5. The third-order valence-corrected chi connectivity index (χ3v) is 8.21. The van der Waals surface area contributed by atoms with E-state index in [0.29, 0.717) is 17.9 Å². The van der Waals surface area contributed by atoms with Crippen molar-refractivity contribution in [2.24, 2.45) is 0 Å². The normalized spacial score (nSPS) is 22.2. The number of pyridine rings is 2. The van der Waals surface area contributed by atoms with E-state index in [4.69, 9.17) is 9.72 Å². The summed E-state index contributed by atoms with van der Waals surface area (Å²) in [4.78, 5) is 13.4. The summed E-state index contributed by atoms with van der Waals surface area (Å²) in [6, 6.07) is 5.07. The molecule has 1 aliphatic carbocycles. The molecule has 35 heavy (non-hydrogen) atoms. The summed E-state index contributed by atoms with van der Waals surface area (Å²) >= 11 is 0. The monoisotopic (exact) mass is 472 g/mol. The zero-order chi connectivity index (χ0) is 24.3. The van der Waals surface area contributed by atoms with Crippen molar-refractivity contribution in [3.05, 3.63) is 47.0 Å². The number of aryl methyl sites for hydroxylation is 1. The Bertz CT molecular complexity index is 1390. The van der Waals surface area contributed by atoms with Gasteiger partial charge in [-0.05, 0) is 75.6 Å². The quantitative estimate of drug-likeness (QED) is 0.406. The molecule has 5 heterocycles. The van der Waals surface area contributed by atoms with E-state index in [9.17, 15) is 0 Å². The second kappa shape index (κ2) is 8.42. The minimum atomic E-state index is 0.175. The Kier molecular flexibility index (Phi) is 5.45. The van der Waals surface area contributed by atoms with Crippen molar-refractivity contribution in [1.82, 2.24) is 29.9 Å². The van der Waals surface area contributed by atoms with Crippen molar-refractivity contribution >= 4 is 16.7 Å². The predicted molar refractivity (Wildman–Crippen MR) is 139 cm³/mol. The van der Waals surface area contributed by atoms with E-state index in [1.54, 1.807) is 6.33 Å². The van der Waals surface area contributed by atoms with Crippen LogP contribution in [-0.4, -0.2) is 49.4 Å². The van der Waals surface area contributed by atoms with Crippen molar-refractivity contribution in [2.45, 2.75) is 83.7 Å². The van der Waals surface area contributed by atoms with E-state index in [-0.39, 0.29) is 5.54 Å². The number of hydrogen-bond acceptors (Lipinski definition) is 5. The molecule has 7 nitrogen and oxygen atoms in total. The van der Waals surface area contributed by atoms with Crippen molar-refractivity contribution in [2.75, 3.05) is 13.2 Å². The first kappa shape index (κ1) is 22.7. The van der Waals surface area contributed by atoms with Gasteiger partial charge in [-0.1, -0.05) is 13.8 Å². The molecule has 7 heteroatoms. The van der Waals surface area contributed by atoms with E-state index in [1.807, 2.05) is 4.52 Å². The van der Waals surface area contributed by atoms with Gasteiger partial charge in [0.05, 0.1) is 35.5 Å². The Labute approximate surface area is 206 Å². The lowest BCUT2D eigenvalue weighted by Gasteiger charge is -2.43. The van der Waals surface area contributed by atoms with E-state index in [2.05, 4.69) is 73.3 Å². The van der Waals surface area contributed by atoms with Crippen LogP contribution in [0.5, 0.6) is 0 Å². The Balaban J connectivity index is 1.33. The summed E-state index contributed by atoms with van der Waals surface area (Å²) in [5, 5.41) is 8.25. The van der Waals surface area contributed by atoms with E-state index >= 15 is 0 Å². The van der Waals surface area contributed by atoms with E-state index in [0.717, 1.165) is 41.2 Å². The Hall–Kier alpha value is -2.77. The Morgan fingerprint density at radius 2 is 1.89 bits per heavy atom. The molecule has 0 atom stereocenters. The topological polar surface area (TPSA) is 80.1 Å². The Morgan fingerprint density at radius 1 is 1.11 bits per heavy atom. The van der Waals surface area contributed by atoms with Crippen LogP contribution in [0.2, 0.25) is 0 Å². The minimum absolute atomic E-state index is 0.175. The first-order valence-corrected chi connectivity index (χ1v) is 13.0. The molecule has 2 fully saturated rings. The molecular formula is C28H36N6O. The smallest absolute Gasteiger partial charge is 0.158 e. The van der Waals surface area contributed by atoms with Gasteiger partial charge >= 0.3 is 0 Å². The standard InChI is InChI=1S/C28H36N6O/c1-16(2)24-25(21-12-34-27(29-15-30-34)18(4)17(21)3)32-23-11-10-22(31-26(23)24)19-6-8-20(9-7-19)33-28(5)13-35-14-28/h10-12,15-16,19-20,32-33H,6-9,13-14H2,1-5H3. The number of rotatable bonds is 5. The van der Waals surface area contributed by atoms with Crippen LogP contribution in [0.4, 0.5) is 0 Å². The molecule has 1 aliphatic heterocycles. The van der Waals surface area contributed by atoms with E-state index in [1.165, 1.54) is 48.1 Å². The summed E-state index contributed by atoms with van der Waals surface area (Å²) in [7, 11) is 0. The highest BCUT2D eigenvalue weighted by Gasteiger charge is 2.36. The van der Waals surface area contributed by atoms with Crippen molar-refractivity contribution in [1.29, 1.82) is 0 Å². The SMILES string of the molecule is Cc1c(-c2[nH]c3ccc(C4CCC(NC5(C)COC5)CC4)nc3c2C(C)C)cn2ncnc2c1C. The average molecular weight is 473 g/mol. The van der Waals surface area contributed by atoms with Gasteiger partial charge in [-0.2, -0.15) is 5.10 Å². The Morgan fingerprint density at radius 3 is 2.57 bits per heavy atom. The highest BCUT2D eigenvalue weighted by molar-refractivity contribution is 5.89. The van der Waals surface area contributed by atoms with Crippen LogP contribution in [0.15, 0.2) is 24.7 Å². The number of ether oxygens (including phenoxy) is 1. The van der Waals surface area contributed by atoms with Crippen LogP contribution >= 0.6 is 0 Å². The number of fused-ring (bicyclic) bond motifs is 2. The van der Waals surface area contributed by atoms with Gasteiger partial charge in [0.25, 0.3) is 0 Å². The van der Waals surface area contributed by atoms with Crippen molar-refractivity contribution in [3.8, 4) is 11.3 Å². The second-order valence-corrected chi connectivity index (χ2v) is 11.3. The molecule has 184 valence electrons. The van der Waals surface area contributed by atoms with Crippen LogP contribution in [-0.2, 0) is 4.74 Å². The first-order chi connectivity index (χ1) is 16.8. The number of hydrogen-bond donors (Lipinski definition) is 2. The molecule has 0 bridgehead atoms. The number of nitrogens with zero attached hydrogens (tertiary/aromatic N) is 4. The molecule has 0 aromatic carbocycles. The molecule has 0 spiro atoms. The molecule has 0 radical (unpaired) electrons. The van der Waals surface area contributed by atoms with Crippen LogP contribution in [0, 0.1) is 13.8 Å². The zero-order valence-electron chi connectivity index (χ0n) is 21.5. The van der Waals surface area contributed by atoms with Gasteiger partial charge in [-0.25, -0.2) is 9.50 Å². The van der Waals surface area contributed by atoms with Crippen LogP contribution < -0.4 is 5.32 Å². The van der Waals surface area contributed by atoms with Gasteiger partial charge in [0.2, 0.25) is 0 Å². The van der Waals surface area contributed by atoms with Crippen LogP contribution in [0.3, 0.4) is 0 Å². The molecule has 1 saturated heterocycles. The van der Waals surface area contributed by atoms with Gasteiger partial charge in [-0.15, -0.1) is 0 Å². The summed E-state index contributed by atoms with van der Waals surface area (Å²) in [5.41, 5.74) is 10.6. The summed E-state index contributed by atoms with van der Waals surface area (Å²) < 4.78 is 7.31. The number of nitrogens with one attached hydrogen (secondary N) is 2. The van der Waals surface area contributed by atoms with Crippen molar-refractivity contribution in [3.63, 3.8) is 0 Å². The molecule has 2 aliphatic rings. The van der Waals surface area contributed by atoms with Crippen molar-refractivity contribution < 1.29 is 4.74 Å². The molecule has 0 amide bonds. The fourth-order valence-electron chi connectivity index (χ4n) is 6.07. The highest BCUT2D eigenvalue weighted by atomic mass is 16.5. The molecule has 6 rings (SSSR count). The van der Waals surface area contributed by atoms with Crippen LogP contribution in [0.25, 0.3) is 27.9 Å². The van der Waals surface area contributed by atoms with E-state index < -0.39 is 0 Å². The minimum Gasteiger partial charge on any atom is -0.377 e. The molecule has 2 N–H and O–H groups in total. The lowest BCUT2D eigenvalue weighted by atomic mass is 9.82. The average Bonchev–Trinajstić information content (AvgIpc) is 3.45. The van der Waals surface area contributed by atoms with Gasteiger partial charge in [0.15, 0.2) is 5.65 Å². The third kappa shape index (κ3) is 3.85. The maximum absolute atomic E-state index is 5.42.